The number of fused-ring (bicyclic) bond motifs is 1. The Labute approximate surface area is 102 Å². The van der Waals surface area contributed by atoms with Gasteiger partial charge in [-0.2, -0.15) is 14.9 Å². The summed E-state index contributed by atoms with van der Waals surface area (Å²) in [4.78, 5) is 8.01. The van der Waals surface area contributed by atoms with E-state index in [0.29, 0.717) is 23.9 Å². The summed E-state index contributed by atoms with van der Waals surface area (Å²) in [5, 5.41) is 12.0. The standard InChI is InChI=1S/C10H11N7O/c1-18-4-6-8-9(11)14-15-10(8)17(16-6)7-2-3-12-5-13-7/h2-3,5H,4H2,1H3,(H3,11,14,15). The quantitative estimate of drug-likeness (QED) is 0.685. The molecule has 3 aromatic rings. The minimum absolute atomic E-state index is 0.359. The number of nitrogens with zero attached hydrogens (tertiary/aromatic N) is 5. The van der Waals surface area contributed by atoms with Gasteiger partial charge in [-0.25, -0.2) is 9.97 Å². The summed E-state index contributed by atoms with van der Waals surface area (Å²) < 4.78 is 6.71. The van der Waals surface area contributed by atoms with Gasteiger partial charge in [0.1, 0.15) is 17.8 Å². The zero-order valence-electron chi connectivity index (χ0n) is 9.66. The molecule has 0 aliphatic heterocycles. The second kappa shape index (κ2) is 4.08. The first-order valence-electron chi connectivity index (χ1n) is 5.28. The smallest absolute Gasteiger partial charge is 0.188 e. The van der Waals surface area contributed by atoms with E-state index in [1.807, 2.05) is 0 Å². The molecule has 0 saturated heterocycles. The van der Waals surface area contributed by atoms with Crippen molar-refractivity contribution < 1.29 is 4.74 Å². The molecular formula is C10H11N7O. The summed E-state index contributed by atoms with van der Waals surface area (Å²) in [7, 11) is 1.60. The average Bonchev–Trinajstić information content (AvgIpc) is 2.94. The molecular weight excluding hydrogens is 234 g/mol. The van der Waals surface area contributed by atoms with Gasteiger partial charge >= 0.3 is 0 Å². The molecule has 3 aromatic heterocycles. The largest absolute Gasteiger partial charge is 0.383 e. The number of nitrogen functional groups attached to an aromatic ring is 1. The minimum atomic E-state index is 0.359. The lowest BCUT2D eigenvalue weighted by Crippen LogP contribution is -2.01. The number of rotatable bonds is 3. The lowest BCUT2D eigenvalue weighted by molar-refractivity contribution is 0.182. The molecule has 0 atom stereocenters. The molecule has 18 heavy (non-hydrogen) atoms. The van der Waals surface area contributed by atoms with Gasteiger partial charge in [-0.15, -0.1) is 0 Å². The molecule has 3 heterocycles. The molecule has 0 amide bonds. The predicted octanol–water partition coefficient (Wildman–Crippen LogP) is 0.267. The predicted molar refractivity (Wildman–Crippen MR) is 63.9 cm³/mol. The highest BCUT2D eigenvalue weighted by atomic mass is 16.5. The van der Waals surface area contributed by atoms with Crippen LogP contribution in [0.3, 0.4) is 0 Å². The monoisotopic (exact) mass is 245 g/mol. The average molecular weight is 245 g/mol. The van der Waals surface area contributed by atoms with Crippen molar-refractivity contribution in [3.8, 4) is 5.82 Å². The van der Waals surface area contributed by atoms with Crippen LogP contribution in [-0.2, 0) is 11.3 Å². The molecule has 0 fully saturated rings. The molecule has 0 aliphatic carbocycles. The summed E-state index contributed by atoms with van der Waals surface area (Å²) in [6, 6.07) is 1.74. The lowest BCUT2D eigenvalue weighted by atomic mass is 10.3. The van der Waals surface area contributed by atoms with Gasteiger partial charge in [0.25, 0.3) is 0 Å². The van der Waals surface area contributed by atoms with Crippen LogP contribution in [0.5, 0.6) is 0 Å². The zero-order valence-corrected chi connectivity index (χ0v) is 9.66. The van der Waals surface area contributed by atoms with E-state index in [9.17, 15) is 0 Å². The Kier molecular flexibility index (Phi) is 2.41. The molecule has 8 heteroatoms. The van der Waals surface area contributed by atoms with Crippen molar-refractivity contribution in [2.45, 2.75) is 6.61 Å². The fourth-order valence-corrected chi connectivity index (χ4v) is 1.81. The van der Waals surface area contributed by atoms with Crippen molar-refractivity contribution in [2.24, 2.45) is 0 Å². The number of H-pyrrole nitrogens is 1. The molecule has 3 rings (SSSR count). The highest BCUT2D eigenvalue weighted by Gasteiger charge is 2.17. The van der Waals surface area contributed by atoms with Crippen molar-refractivity contribution in [1.29, 1.82) is 0 Å². The van der Waals surface area contributed by atoms with E-state index in [1.54, 1.807) is 24.1 Å². The van der Waals surface area contributed by atoms with Crippen molar-refractivity contribution in [2.75, 3.05) is 12.8 Å². The molecule has 0 spiro atoms. The zero-order chi connectivity index (χ0) is 12.5. The van der Waals surface area contributed by atoms with Crippen molar-refractivity contribution in [3.05, 3.63) is 24.3 Å². The number of methoxy groups -OCH3 is 1. The minimum Gasteiger partial charge on any atom is -0.383 e. The first kappa shape index (κ1) is 10.7. The van der Waals surface area contributed by atoms with Crippen LogP contribution >= 0.6 is 0 Å². The number of hydrogen-bond acceptors (Lipinski definition) is 6. The molecule has 0 aromatic carbocycles. The molecule has 8 nitrogen and oxygen atoms in total. The third-order valence-electron chi connectivity index (χ3n) is 2.55. The van der Waals surface area contributed by atoms with Gasteiger partial charge in [-0.05, 0) is 0 Å². The van der Waals surface area contributed by atoms with Gasteiger partial charge in [0, 0.05) is 19.4 Å². The van der Waals surface area contributed by atoms with Crippen molar-refractivity contribution in [3.63, 3.8) is 0 Å². The Morgan fingerprint density at radius 2 is 2.39 bits per heavy atom. The van der Waals surface area contributed by atoms with Crippen molar-refractivity contribution in [1.82, 2.24) is 29.9 Å². The Hall–Kier alpha value is -2.48. The van der Waals surface area contributed by atoms with Crippen LogP contribution < -0.4 is 5.73 Å². The molecule has 0 radical (unpaired) electrons. The maximum Gasteiger partial charge on any atom is 0.188 e. The number of aromatic nitrogens is 6. The molecule has 92 valence electrons. The van der Waals surface area contributed by atoms with Gasteiger partial charge in [0.05, 0.1) is 12.0 Å². The van der Waals surface area contributed by atoms with E-state index in [1.165, 1.54) is 6.33 Å². The summed E-state index contributed by atoms with van der Waals surface area (Å²) in [6.07, 6.45) is 3.09. The van der Waals surface area contributed by atoms with E-state index in [0.717, 1.165) is 11.1 Å². The maximum absolute atomic E-state index is 5.84. The van der Waals surface area contributed by atoms with Crippen LogP contribution in [0.2, 0.25) is 0 Å². The summed E-state index contributed by atoms with van der Waals surface area (Å²) >= 11 is 0. The highest BCUT2D eigenvalue weighted by Crippen LogP contribution is 2.24. The van der Waals surface area contributed by atoms with Crippen LogP contribution in [0, 0.1) is 0 Å². The first-order chi connectivity index (χ1) is 8.81. The van der Waals surface area contributed by atoms with E-state index in [-0.39, 0.29) is 0 Å². The number of hydrogen-bond donors (Lipinski definition) is 2. The summed E-state index contributed by atoms with van der Waals surface area (Å²) in [5.41, 5.74) is 7.18. The van der Waals surface area contributed by atoms with Gasteiger partial charge < -0.3 is 10.5 Å². The van der Waals surface area contributed by atoms with Gasteiger partial charge in [-0.3, -0.25) is 5.10 Å². The Morgan fingerprint density at radius 1 is 1.50 bits per heavy atom. The second-order valence-corrected chi connectivity index (χ2v) is 3.69. The van der Waals surface area contributed by atoms with E-state index in [4.69, 9.17) is 10.5 Å². The normalized spacial score (nSPS) is 11.2. The molecule has 3 N–H and O–H groups in total. The van der Waals surface area contributed by atoms with Gasteiger partial charge in [-0.1, -0.05) is 0 Å². The number of anilines is 1. The Morgan fingerprint density at radius 3 is 3.11 bits per heavy atom. The van der Waals surface area contributed by atoms with E-state index in [2.05, 4.69) is 25.3 Å². The fourth-order valence-electron chi connectivity index (χ4n) is 1.81. The molecule has 0 unspecified atom stereocenters. The molecule has 0 saturated carbocycles. The highest BCUT2D eigenvalue weighted by molar-refractivity contribution is 5.89. The van der Waals surface area contributed by atoms with Gasteiger partial charge in [0.15, 0.2) is 11.5 Å². The maximum atomic E-state index is 5.84. The first-order valence-corrected chi connectivity index (χ1v) is 5.28. The SMILES string of the molecule is COCc1nn(-c2ccncn2)c2n[nH]c(N)c12. The Balaban J connectivity index is 2.24. The molecule has 0 bridgehead atoms. The van der Waals surface area contributed by atoms with Crippen LogP contribution in [0.15, 0.2) is 18.6 Å². The third kappa shape index (κ3) is 1.51. The topological polar surface area (TPSA) is 108 Å². The number of nitrogens with one attached hydrogen (secondary N) is 1. The van der Waals surface area contributed by atoms with Crippen molar-refractivity contribution >= 4 is 16.9 Å². The van der Waals surface area contributed by atoms with Crippen LogP contribution in [0.1, 0.15) is 5.69 Å². The van der Waals surface area contributed by atoms with E-state index >= 15 is 0 Å². The summed E-state index contributed by atoms with van der Waals surface area (Å²) in [6.45, 7) is 0.359. The van der Waals surface area contributed by atoms with Crippen LogP contribution in [0.4, 0.5) is 5.82 Å². The Bertz CT molecular complexity index is 672. The number of ether oxygens (including phenoxy) is 1. The summed E-state index contributed by atoms with van der Waals surface area (Å²) in [5.74, 6) is 1.10. The van der Waals surface area contributed by atoms with Crippen LogP contribution in [-0.4, -0.2) is 37.1 Å². The molecule has 0 aliphatic rings. The fraction of sp³-hybridized carbons (Fsp3) is 0.200. The third-order valence-corrected chi connectivity index (χ3v) is 2.55. The van der Waals surface area contributed by atoms with E-state index < -0.39 is 0 Å². The number of aromatic amines is 1. The number of nitrogens with two attached hydrogens (primary N) is 1. The lowest BCUT2D eigenvalue weighted by Gasteiger charge is -1.98. The van der Waals surface area contributed by atoms with Crippen LogP contribution in [0.25, 0.3) is 16.9 Å². The second-order valence-electron chi connectivity index (χ2n) is 3.69. The van der Waals surface area contributed by atoms with Gasteiger partial charge in [0.2, 0.25) is 0 Å².